The second-order valence-electron chi connectivity index (χ2n) is 3.54. The van der Waals surface area contributed by atoms with Crippen LogP contribution in [0.2, 0.25) is 0 Å². The van der Waals surface area contributed by atoms with Crippen molar-refractivity contribution in [3.8, 4) is 11.4 Å². The predicted molar refractivity (Wildman–Crippen MR) is 66.9 cm³/mol. The van der Waals surface area contributed by atoms with Gasteiger partial charge in [-0.1, -0.05) is 0 Å². The molecule has 6 heteroatoms. The van der Waals surface area contributed by atoms with Gasteiger partial charge in [-0.3, -0.25) is 0 Å². The monoisotopic (exact) mass is 313 g/mol. The zero-order valence-corrected chi connectivity index (χ0v) is 10.9. The summed E-state index contributed by atoms with van der Waals surface area (Å²) in [5, 5.41) is 9.07. The molecule has 1 heterocycles. The fraction of sp³-hybridized carbons (Fsp3) is 0.0833. The van der Waals surface area contributed by atoms with Crippen LogP contribution in [-0.4, -0.2) is 22.8 Å². The Balaban J connectivity index is 2.58. The highest BCUT2D eigenvalue weighted by Gasteiger charge is 2.14. The first kappa shape index (κ1) is 12.6. The van der Waals surface area contributed by atoms with Gasteiger partial charge in [-0.2, -0.15) is 0 Å². The highest BCUT2D eigenvalue weighted by Crippen LogP contribution is 2.24. The molecule has 0 aliphatic rings. The Hall–Kier alpha value is -1.82. The third-order valence-corrected chi connectivity index (χ3v) is 2.85. The number of nitrogens with zero attached hydrogens (tertiary/aromatic N) is 1. The zero-order valence-electron chi connectivity index (χ0n) is 9.35. The van der Waals surface area contributed by atoms with Gasteiger partial charge in [-0.25, -0.2) is 9.18 Å². The molecule has 0 unspecified atom stereocenters. The van der Waals surface area contributed by atoms with Gasteiger partial charge < -0.3 is 14.4 Å². The standard InChI is InChI=1S/C12H9BrFNO3/c1-18-11-5-8(2-3-9(11)14)15-6-7(13)4-10(15)12(16)17/h2-6H,1H3,(H,16,17). The summed E-state index contributed by atoms with van der Waals surface area (Å²) >= 11 is 3.21. The number of hydrogen-bond donors (Lipinski definition) is 1. The van der Waals surface area contributed by atoms with Crippen LogP contribution in [0.1, 0.15) is 10.5 Å². The van der Waals surface area contributed by atoms with E-state index in [0.717, 1.165) is 0 Å². The van der Waals surface area contributed by atoms with E-state index >= 15 is 0 Å². The first-order chi connectivity index (χ1) is 8.52. The molecule has 1 aromatic heterocycles. The number of carboxylic acids is 1. The summed E-state index contributed by atoms with van der Waals surface area (Å²) in [7, 11) is 1.35. The van der Waals surface area contributed by atoms with Gasteiger partial charge in [-0.15, -0.1) is 0 Å². The van der Waals surface area contributed by atoms with Gasteiger partial charge in [0.25, 0.3) is 0 Å². The number of halogens is 2. The van der Waals surface area contributed by atoms with E-state index in [2.05, 4.69) is 15.9 Å². The van der Waals surface area contributed by atoms with Crippen molar-refractivity contribution in [2.24, 2.45) is 0 Å². The molecule has 0 bridgehead atoms. The van der Waals surface area contributed by atoms with Crippen molar-refractivity contribution in [3.63, 3.8) is 0 Å². The molecular formula is C12H9BrFNO3. The maximum absolute atomic E-state index is 13.3. The van der Waals surface area contributed by atoms with Crippen molar-refractivity contribution >= 4 is 21.9 Å². The summed E-state index contributed by atoms with van der Waals surface area (Å²) in [6.07, 6.45) is 1.59. The first-order valence-corrected chi connectivity index (χ1v) is 5.77. The molecular weight excluding hydrogens is 305 g/mol. The number of aromatic nitrogens is 1. The summed E-state index contributed by atoms with van der Waals surface area (Å²) in [5.41, 5.74) is 0.590. The van der Waals surface area contributed by atoms with Gasteiger partial charge in [0.2, 0.25) is 0 Å². The zero-order chi connectivity index (χ0) is 13.3. The third-order valence-electron chi connectivity index (χ3n) is 2.42. The lowest BCUT2D eigenvalue weighted by molar-refractivity contribution is 0.0688. The topological polar surface area (TPSA) is 51.5 Å². The van der Waals surface area contributed by atoms with E-state index in [1.807, 2.05) is 0 Å². The van der Waals surface area contributed by atoms with Crippen LogP contribution in [0.15, 0.2) is 34.9 Å². The number of aromatic carboxylic acids is 1. The van der Waals surface area contributed by atoms with Gasteiger partial charge in [0.1, 0.15) is 5.69 Å². The van der Waals surface area contributed by atoms with E-state index in [4.69, 9.17) is 9.84 Å². The molecule has 0 saturated carbocycles. The third kappa shape index (κ3) is 2.24. The second kappa shape index (κ2) is 4.81. The molecule has 1 aromatic carbocycles. The van der Waals surface area contributed by atoms with E-state index in [1.165, 1.54) is 35.9 Å². The van der Waals surface area contributed by atoms with Crippen LogP contribution in [-0.2, 0) is 0 Å². The summed E-state index contributed by atoms with van der Waals surface area (Å²) in [6, 6.07) is 5.62. The van der Waals surface area contributed by atoms with Crippen molar-refractivity contribution in [2.75, 3.05) is 7.11 Å². The van der Waals surface area contributed by atoms with Crippen molar-refractivity contribution in [1.29, 1.82) is 0 Å². The van der Waals surface area contributed by atoms with Crippen LogP contribution in [0.4, 0.5) is 4.39 Å². The maximum Gasteiger partial charge on any atom is 0.352 e. The van der Waals surface area contributed by atoms with Crippen LogP contribution in [0, 0.1) is 5.82 Å². The van der Waals surface area contributed by atoms with Crippen LogP contribution in [0.5, 0.6) is 5.75 Å². The van der Waals surface area contributed by atoms with Crippen LogP contribution < -0.4 is 4.74 Å². The average Bonchev–Trinajstić information content (AvgIpc) is 2.72. The minimum absolute atomic E-state index is 0.0636. The van der Waals surface area contributed by atoms with Crippen molar-refractivity contribution in [3.05, 3.63) is 46.4 Å². The Morgan fingerprint density at radius 2 is 2.17 bits per heavy atom. The molecule has 0 aliphatic carbocycles. The maximum atomic E-state index is 13.3. The van der Waals surface area contributed by atoms with E-state index < -0.39 is 11.8 Å². The van der Waals surface area contributed by atoms with Gasteiger partial charge in [0.05, 0.1) is 7.11 Å². The molecule has 0 saturated heterocycles. The minimum atomic E-state index is -1.07. The van der Waals surface area contributed by atoms with Gasteiger partial charge in [0, 0.05) is 22.4 Å². The summed E-state index contributed by atoms with van der Waals surface area (Å²) in [5.74, 6) is -1.50. The lowest BCUT2D eigenvalue weighted by atomic mass is 10.2. The fourth-order valence-electron chi connectivity index (χ4n) is 1.61. The smallest absolute Gasteiger partial charge is 0.352 e. The second-order valence-corrected chi connectivity index (χ2v) is 4.45. The van der Waals surface area contributed by atoms with Crippen LogP contribution in [0.25, 0.3) is 5.69 Å². The van der Waals surface area contributed by atoms with Crippen LogP contribution in [0.3, 0.4) is 0 Å². The molecule has 1 N–H and O–H groups in total. The van der Waals surface area contributed by atoms with E-state index in [1.54, 1.807) is 6.20 Å². The molecule has 0 atom stereocenters. The summed E-state index contributed by atoms with van der Waals surface area (Å²) in [4.78, 5) is 11.1. The van der Waals surface area contributed by atoms with E-state index in [-0.39, 0.29) is 11.4 Å². The largest absolute Gasteiger partial charge is 0.494 e. The predicted octanol–water partition coefficient (Wildman–Crippen LogP) is 3.09. The Kier molecular flexibility index (Phi) is 3.38. The quantitative estimate of drug-likeness (QED) is 0.947. The van der Waals surface area contributed by atoms with E-state index in [0.29, 0.717) is 10.2 Å². The van der Waals surface area contributed by atoms with Gasteiger partial charge in [0.15, 0.2) is 11.6 Å². The summed E-state index contributed by atoms with van der Waals surface area (Å²) < 4.78 is 20.2. The highest BCUT2D eigenvalue weighted by atomic mass is 79.9. The molecule has 4 nitrogen and oxygen atoms in total. The Morgan fingerprint density at radius 3 is 2.78 bits per heavy atom. The van der Waals surface area contributed by atoms with Gasteiger partial charge >= 0.3 is 5.97 Å². The molecule has 0 amide bonds. The number of carboxylic acid groups (broad SMARTS) is 1. The summed E-state index contributed by atoms with van der Waals surface area (Å²) in [6.45, 7) is 0. The number of carbonyl (C=O) groups is 1. The number of benzene rings is 1. The molecule has 0 radical (unpaired) electrons. The Labute approximate surface area is 111 Å². The van der Waals surface area contributed by atoms with Crippen molar-refractivity contribution in [1.82, 2.24) is 4.57 Å². The molecule has 0 aliphatic heterocycles. The Morgan fingerprint density at radius 1 is 1.44 bits per heavy atom. The first-order valence-electron chi connectivity index (χ1n) is 4.98. The normalized spacial score (nSPS) is 10.4. The molecule has 2 rings (SSSR count). The Bertz CT molecular complexity index is 609. The molecule has 2 aromatic rings. The van der Waals surface area contributed by atoms with E-state index in [9.17, 15) is 9.18 Å². The lowest BCUT2D eigenvalue weighted by Crippen LogP contribution is -2.06. The number of ether oxygens (including phenoxy) is 1. The minimum Gasteiger partial charge on any atom is -0.494 e. The highest BCUT2D eigenvalue weighted by molar-refractivity contribution is 9.10. The molecule has 0 fully saturated rings. The fourth-order valence-corrected chi connectivity index (χ4v) is 2.03. The molecule has 94 valence electrons. The van der Waals surface area contributed by atoms with Crippen molar-refractivity contribution < 1.29 is 19.0 Å². The van der Waals surface area contributed by atoms with Crippen LogP contribution >= 0.6 is 15.9 Å². The average molecular weight is 314 g/mol. The number of hydrogen-bond acceptors (Lipinski definition) is 2. The number of methoxy groups -OCH3 is 1. The lowest BCUT2D eigenvalue weighted by Gasteiger charge is -2.08. The molecule has 18 heavy (non-hydrogen) atoms. The SMILES string of the molecule is COc1cc(-n2cc(Br)cc2C(=O)O)ccc1F. The van der Waals surface area contributed by atoms with Crippen molar-refractivity contribution in [2.45, 2.75) is 0 Å². The number of rotatable bonds is 3. The van der Waals surface area contributed by atoms with Gasteiger partial charge in [-0.05, 0) is 34.1 Å². The molecule has 0 spiro atoms.